The molecular formula is C23H19ClF3N3O2. The number of ether oxygens (including phenoxy) is 1. The number of anilines is 2. The fourth-order valence-electron chi connectivity index (χ4n) is 3.48. The zero-order valence-electron chi connectivity index (χ0n) is 16.8. The van der Waals surface area contributed by atoms with Gasteiger partial charge in [0.1, 0.15) is 0 Å². The summed E-state index contributed by atoms with van der Waals surface area (Å²) in [7, 11) is 0. The highest BCUT2D eigenvalue weighted by atomic mass is 35.5. The van der Waals surface area contributed by atoms with E-state index in [9.17, 15) is 18.0 Å². The summed E-state index contributed by atoms with van der Waals surface area (Å²) >= 11 is 6.24. The first-order valence-electron chi connectivity index (χ1n) is 9.89. The normalized spacial score (nSPS) is 14.3. The molecule has 0 bridgehead atoms. The molecule has 0 atom stereocenters. The first-order chi connectivity index (χ1) is 15.3. The molecule has 0 radical (unpaired) electrons. The highest BCUT2D eigenvalue weighted by Gasteiger charge is 2.34. The van der Waals surface area contributed by atoms with Gasteiger partial charge < -0.3 is 15.0 Å². The first kappa shape index (κ1) is 22.1. The number of hydrogen-bond acceptors (Lipinski definition) is 4. The van der Waals surface area contributed by atoms with Crippen molar-refractivity contribution in [2.75, 3.05) is 36.5 Å². The lowest BCUT2D eigenvalue weighted by Gasteiger charge is -2.28. The smallest absolute Gasteiger partial charge is 0.378 e. The molecule has 1 aliphatic heterocycles. The van der Waals surface area contributed by atoms with Crippen molar-refractivity contribution in [2.45, 2.75) is 6.18 Å². The lowest BCUT2D eigenvalue weighted by molar-refractivity contribution is -0.137. The van der Waals surface area contributed by atoms with Crippen LogP contribution >= 0.6 is 11.6 Å². The van der Waals surface area contributed by atoms with E-state index in [4.69, 9.17) is 16.3 Å². The number of aromatic nitrogens is 1. The van der Waals surface area contributed by atoms with Gasteiger partial charge in [0.25, 0.3) is 5.91 Å². The number of pyridine rings is 1. The molecule has 1 N–H and O–H groups in total. The number of hydrogen-bond donors (Lipinski definition) is 1. The molecule has 166 valence electrons. The van der Waals surface area contributed by atoms with Crippen LogP contribution < -0.4 is 10.2 Å². The average molecular weight is 462 g/mol. The summed E-state index contributed by atoms with van der Waals surface area (Å²) in [5.74, 6) is -0.422. The fraction of sp³-hybridized carbons (Fsp3) is 0.217. The van der Waals surface area contributed by atoms with Gasteiger partial charge in [-0.2, -0.15) is 13.2 Å². The van der Waals surface area contributed by atoms with Crippen LogP contribution in [0.5, 0.6) is 0 Å². The van der Waals surface area contributed by atoms with E-state index < -0.39 is 17.6 Å². The Morgan fingerprint density at radius 1 is 1.06 bits per heavy atom. The van der Waals surface area contributed by atoms with Crippen molar-refractivity contribution in [1.82, 2.24) is 4.98 Å². The van der Waals surface area contributed by atoms with E-state index >= 15 is 0 Å². The summed E-state index contributed by atoms with van der Waals surface area (Å²) in [5, 5.41) is 2.78. The molecule has 3 aromatic rings. The van der Waals surface area contributed by atoms with Gasteiger partial charge >= 0.3 is 6.18 Å². The number of morpholine rings is 1. The third-order valence-corrected chi connectivity index (χ3v) is 5.41. The number of amides is 1. The largest absolute Gasteiger partial charge is 0.418 e. The second kappa shape index (κ2) is 9.18. The molecule has 0 unspecified atom stereocenters. The standard InChI is InChI=1S/C23H19ClF3N3O2/c24-20-14-15(3-8-18(20)21-19(23(25,26)27)2-1-9-28-21)22(31)29-16-4-6-17(7-5-16)30-10-12-32-13-11-30/h1-9,14H,10-13H2,(H,29,31). The van der Waals surface area contributed by atoms with Gasteiger partial charge in [0.05, 0.1) is 29.5 Å². The van der Waals surface area contributed by atoms with Crippen LogP contribution in [-0.4, -0.2) is 37.2 Å². The molecular weight excluding hydrogens is 443 g/mol. The van der Waals surface area contributed by atoms with E-state index in [1.54, 1.807) is 12.1 Å². The summed E-state index contributed by atoms with van der Waals surface area (Å²) in [4.78, 5) is 18.7. The van der Waals surface area contributed by atoms with Crippen molar-refractivity contribution in [1.29, 1.82) is 0 Å². The number of carbonyl (C=O) groups is 1. The van der Waals surface area contributed by atoms with Crippen molar-refractivity contribution in [3.63, 3.8) is 0 Å². The van der Waals surface area contributed by atoms with Crippen LogP contribution in [0.4, 0.5) is 24.5 Å². The summed E-state index contributed by atoms with van der Waals surface area (Å²) in [6.07, 6.45) is -3.31. The minimum absolute atomic E-state index is 0.00418. The molecule has 5 nitrogen and oxygen atoms in total. The van der Waals surface area contributed by atoms with Crippen LogP contribution in [0.2, 0.25) is 5.02 Å². The minimum atomic E-state index is -4.57. The minimum Gasteiger partial charge on any atom is -0.378 e. The van der Waals surface area contributed by atoms with Crippen LogP contribution in [0.3, 0.4) is 0 Å². The Labute approximate surface area is 187 Å². The molecule has 4 rings (SSSR count). The molecule has 1 aliphatic rings. The summed E-state index contributed by atoms with van der Waals surface area (Å²) in [6, 6.07) is 13.7. The van der Waals surface area contributed by atoms with Gasteiger partial charge in [0.15, 0.2) is 0 Å². The maximum Gasteiger partial charge on any atom is 0.418 e. The van der Waals surface area contributed by atoms with Gasteiger partial charge in [-0.15, -0.1) is 0 Å². The molecule has 1 fully saturated rings. The number of nitrogens with zero attached hydrogens (tertiary/aromatic N) is 2. The lowest BCUT2D eigenvalue weighted by Crippen LogP contribution is -2.36. The SMILES string of the molecule is O=C(Nc1ccc(N2CCOCC2)cc1)c1ccc(-c2ncccc2C(F)(F)F)c(Cl)c1. The van der Waals surface area contributed by atoms with Gasteiger partial charge in [-0.25, -0.2) is 0 Å². The predicted molar refractivity (Wildman–Crippen MR) is 117 cm³/mol. The van der Waals surface area contributed by atoms with Gasteiger partial charge in [0.2, 0.25) is 0 Å². The molecule has 1 amide bonds. The first-order valence-corrected chi connectivity index (χ1v) is 10.3. The van der Waals surface area contributed by atoms with Gasteiger partial charge in [-0.3, -0.25) is 9.78 Å². The molecule has 32 heavy (non-hydrogen) atoms. The van der Waals surface area contributed by atoms with E-state index in [1.807, 2.05) is 12.1 Å². The monoisotopic (exact) mass is 461 g/mol. The molecule has 1 saturated heterocycles. The number of nitrogens with one attached hydrogen (secondary N) is 1. The van der Waals surface area contributed by atoms with Crippen molar-refractivity contribution in [3.05, 3.63) is 76.9 Å². The lowest BCUT2D eigenvalue weighted by atomic mass is 10.0. The summed E-state index contributed by atoms with van der Waals surface area (Å²) in [5.41, 5.74) is 0.785. The van der Waals surface area contributed by atoms with E-state index in [0.29, 0.717) is 18.9 Å². The zero-order valence-corrected chi connectivity index (χ0v) is 17.6. The van der Waals surface area contributed by atoms with Crippen LogP contribution in [0.15, 0.2) is 60.8 Å². The highest BCUT2D eigenvalue weighted by molar-refractivity contribution is 6.33. The Balaban J connectivity index is 1.51. The van der Waals surface area contributed by atoms with Crippen LogP contribution in [-0.2, 0) is 10.9 Å². The molecule has 9 heteroatoms. The molecule has 2 aromatic carbocycles. The molecule has 0 spiro atoms. The van der Waals surface area contributed by atoms with Crippen LogP contribution in [0, 0.1) is 0 Å². The van der Waals surface area contributed by atoms with Crippen molar-refractivity contribution < 1.29 is 22.7 Å². The molecule has 1 aromatic heterocycles. The van der Waals surface area contributed by atoms with Crippen LogP contribution in [0.1, 0.15) is 15.9 Å². The third-order valence-electron chi connectivity index (χ3n) is 5.10. The predicted octanol–water partition coefficient (Wildman–Crippen LogP) is 5.51. The molecule has 0 aliphatic carbocycles. The maximum atomic E-state index is 13.3. The van der Waals surface area contributed by atoms with Crippen molar-refractivity contribution in [2.24, 2.45) is 0 Å². The number of alkyl halides is 3. The quantitative estimate of drug-likeness (QED) is 0.556. The van der Waals surface area contributed by atoms with Crippen molar-refractivity contribution in [3.8, 4) is 11.3 Å². The van der Waals surface area contributed by atoms with E-state index in [1.165, 1.54) is 30.5 Å². The Bertz CT molecular complexity index is 1110. The zero-order chi connectivity index (χ0) is 22.7. The number of rotatable bonds is 4. The highest BCUT2D eigenvalue weighted by Crippen LogP contribution is 2.38. The van der Waals surface area contributed by atoms with Crippen LogP contribution in [0.25, 0.3) is 11.3 Å². The summed E-state index contributed by atoms with van der Waals surface area (Å²) in [6.45, 7) is 2.97. The Morgan fingerprint density at radius 2 is 1.78 bits per heavy atom. The van der Waals surface area contributed by atoms with Crippen molar-refractivity contribution >= 4 is 28.9 Å². The van der Waals surface area contributed by atoms with Gasteiger partial charge in [-0.05, 0) is 48.5 Å². The Kier molecular flexibility index (Phi) is 6.34. The number of carbonyl (C=O) groups excluding carboxylic acids is 1. The Hall–Kier alpha value is -3.10. The van der Waals surface area contributed by atoms with Gasteiger partial charge in [-0.1, -0.05) is 17.7 Å². The maximum absolute atomic E-state index is 13.3. The third kappa shape index (κ3) is 4.87. The second-order valence-corrected chi connectivity index (χ2v) is 7.60. The van der Waals surface area contributed by atoms with E-state index in [2.05, 4.69) is 15.2 Å². The second-order valence-electron chi connectivity index (χ2n) is 7.19. The topological polar surface area (TPSA) is 54.5 Å². The van der Waals surface area contributed by atoms with E-state index in [0.717, 1.165) is 24.8 Å². The fourth-order valence-corrected chi connectivity index (χ4v) is 3.75. The molecule has 2 heterocycles. The average Bonchev–Trinajstić information content (AvgIpc) is 2.79. The molecule has 0 saturated carbocycles. The Morgan fingerprint density at radius 3 is 2.44 bits per heavy atom. The summed E-state index contributed by atoms with van der Waals surface area (Å²) < 4.78 is 45.3. The van der Waals surface area contributed by atoms with Gasteiger partial charge in [0, 0.05) is 41.8 Å². The number of halogens is 4. The number of benzene rings is 2. The van der Waals surface area contributed by atoms with E-state index in [-0.39, 0.29) is 21.8 Å².